The lowest BCUT2D eigenvalue weighted by Gasteiger charge is -2.38. The van der Waals surface area contributed by atoms with Crippen LogP contribution in [-0.4, -0.2) is 57.6 Å². The molecule has 3 aromatic rings. The molecule has 2 heterocycles. The van der Waals surface area contributed by atoms with E-state index in [-0.39, 0.29) is 6.54 Å². The Kier molecular flexibility index (Phi) is 7.02. The van der Waals surface area contributed by atoms with E-state index in [0.717, 1.165) is 0 Å². The molecule has 3 N–H and O–H groups in total. The number of amides is 5. The number of hydroxylamine groups is 2. The number of nitrogens with zero attached hydrogens (tertiary/aromatic N) is 4. The number of hydrogen-bond donors (Lipinski definition) is 3. The molecule has 36 heavy (non-hydrogen) atoms. The monoisotopic (exact) mass is 490 g/mol. The fraction of sp³-hybridized carbons (Fsp3) is 0.200. The number of benzene rings is 2. The summed E-state index contributed by atoms with van der Waals surface area (Å²) in [5.41, 5.74) is 2.10. The SMILES string of the molecule is CC1(C)C(N(O)C(=O)Nc2ccccc2)N(c2ccccc2)C(=O)N1CC(=O)N/N=C\c1ccco1. The van der Waals surface area contributed by atoms with E-state index in [2.05, 4.69) is 15.8 Å². The fourth-order valence-corrected chi connectivity index (χ4v) is 3.98. The van der Waals surface area contributed by atoms with E-state index < -0.39 is 29.7 Å². The second-order valence-electron chi connectivity index (χ2n) is 8.55. The topological polar surface area (TPSA) is 131 Å². The van der Waals surface area contributed by atoms with Crippen molar-refractivity contribution in [2.24, 2.45) is 5.10 Å². The number of rotatable bonds is 7. The molecule has 2 aromatic carbocycles. The Hall–Kier alpha value is -4.64. The first-order chi connectivity index (χ1) is 17.3. The molecule has 0 bridgehead atoms. The quantitative estimate of drug-likeness (QED) is 0.264. The maximum Gasteiger partial charge on any atom is 0.347 e. The van der Waals surface area contributed by atoms with Gasteiger partial charge in [-0.25, -0.2) is 15.0 Å². The number of hydrogen-bond acceptors (Lipinski definition) is 6. The molecule has 1 saturated heterocycles. The van der Waals surface area contributed by atoms with E-state index in [0.29, 0.717) is 22.2 Å². The first kappa shape index (κ1) is 24.5. The van der Waals surface area contributed by atoms with Gasteiger partial charge in [-0.05, 0) is 50.2 Å². The predicted octanol–water partition coefficient (Wildman–Crippen LogP) is 3.70. The lowest BCUT2D eigenvalue weighted by molar-refractivity contribution is -0.124. The Labute approximate surface area is 207 Å². The average molecular weight is 491 g/mol. The van der Waals surface area contributed by atoms with Crippen molar-refractivity contribution in [3.63, 3.8) is 0 Å². The van der Waals surface area contributed by atoms with Crippen molar-refractivity contribution >= 4 is 35.6 Å². The zero-order chi connectivity index (χ0) is 25.7. The van der Waals surface area contributed by atoms with Crippen molar-refractivity contribution < 1.29 is 24.0 Å². The van der Waals surface area contributed by atoms with Crippen molar-refractivity contribution in [1.29, 1.82) is 0 Å². The molecule has 1 unspecified atom stereocenters. The van der Waals surface area contributed by atoms with Crippen LogP contribution in [0, 0.1) is 0 Å². The first-order valence-electron chi connectivity index (χ1n) is 11.1. The maximum atomic E-state index is 13.6. The highest BCUT2D eigenvalue weighted by molar-refractivity contribution is 6.00. The third-order valence-electron chi connectivity index (χ3n) is 5.73. The molecule has 0 spiro atoms. The normalized spacial score (nSPS) is 16.9. The summed E-state index contributed by atoms with van der Waals surface area (Å²) in [4.78, 5) is 41.7. The predicted molar refractivity (Wildman–Crippen MR) is 132 cm³/mol. The molecule has 186 valence electrons. The molecule has 0 radical (unpaired) electrons. The third kappa shape index (κ3) is 5.05. The van der Waals surface area contributed by atoms with Gasteiger partial charge in [-0.2, -0.15) is 10.2 Å². The van der Waals surface area contributed by atoms with E-state index in [9.17, 15) is 19.6 Å². The van der Waals surface area contributed by atoms with Crippen molar-refractivity contribution in [1.82, 2.24) is 15.4 Å². The molecule has 11 heteroatoms. The standard InChI is InChI=1S/C25H26N6O5/c1-25(2)22(31(35)23(33)27-18-10-5-3-6-11-18)30(19-12-7-4-8-13-19)24(34)29(25)17-21(32)28-26-16-20-14-9-15-36-20/h3-16,22,35H,17H2,1-2H3,(H,27,33)(H,28,32)/b26-16-. The molecule has 5 amide bonds. The Morgan fingerprint density at radius 2 is 1.75 bits per heavy atom. The van der Waals surface area contributed by atoms with Crippen LogP contribution in [0.2, 0.25) is 0 Å². The van der Waals surface area contributed by atoms with E-state index in [4.69, 9.17) is 4.42 Å². The number of urea groups is 2. The minimum atomic E-state index is -1.18. The van der Waals surface area contributed by atoms with Crippen molar-refractivity contribution in [2.45, 2.75) is 25.6 Å². The molecule has 11 nitrogen and oxygen atoms in total. The molecule has 0 saturated carbocycles. The number of para-hydroxylation sites is 2. The summed E-state index contributed by atoms with van der Waals surface area (Å²) in [5, 5.41) is 18.0. The van der Waals surface area contributed by atoms with Crippen LogP contribution in [-0.2, 0) is 4.79 Å². The van der Waals surface area contributed by atoms with Crippen LogP contribution in [0.5, 0.6) is 0 Å². The molecular formula is C25H26N6O5. The summed E-state index contributed by atoms with van der Waals surface area (Å²) >= 11 is 0. The number of hydrazone groups is 1. The van der Waals surface area contributed by atoms with Crippen molar-refractivity contribution in [3.05, 3.63) is 84.8 Å². The minimum absolute atomic E-state index is 0.366. The van der Waals surface area contributed by atoms with Gasteiger partial charge in [0.25, 0.3) is 5.91 Å². The second-order valence-corrected chi connectivity index (χ2v) is 8.55. The summed E-state index contributed by atoms with van der Waals surface area (Å²) in [6, 6.07) is 19.2. The second kappa shape index (κ2) is 10.3. The van der Waals surface area contributed by atoms with E-state index in [1.807, 2.05) is 0 Å². The van der Waals surface area contributed by atoms with Gasteiger partial charge in [0.15, 0.2) is 6.17 Å². The minimum Gasteiger partial charge on any atom is -0.463 e. The largest absolute Gasteiger partial charge is 0.463 e. The van der Waals surface area contributed by atoms with Crippen molar-refractivity contribution in [2.75, 3.05) is 16.8 Å². The van der Waals surface area contributed by atoms with Crippen LogP contribution >= 0.6 is 0 Å². The van der Waals surface area contributed by atoms with Gasteiger partial charge in [0.1, 0.15) is 12.3 Å². The number of furan rings is 1. The summed E-state index contributed by atoms with van der Waals surface area (Å²) in [7, 11) is 0. The molecule has 1 aromatic heterocycles. The van der Waals surface area contributed by atoms with Gasteiger partial charge in [-0.15, -0.1) is 0 Å². The molecule has 1 atom stereocenters. The molecule has 4 rings (SSSR count). The Balaban J connectivity index is 1.58. The summed E-state index contributed by atoms with van der Waals surface area (Å²) < 4.78 is 5.12. The first-order valence-corrected chi connectivity index (χ1v) is 11.1. The van der Waals surface area contributed by atoms with Gasteiger partial charge in [-0.1, -0.05) is 36.4 Å². The fourth-order valence-electron chi connectivity index (χ4n) is 3.98. The number of carbonyl (C=O) groups is 3. The summed E-state index contributed by atoms with van der Waals surface area (Å²) in [5.74, 6) is -0.116. The summed E-state index contributed by atoms with van der Waals surface area (Å²) in [6.45, 7) is 2.96. The maximum absolute atomic E-state index is 13.6. The Morgan fingerprint density at radius 1 is 1.08 bits per heavy atom. The highest BCUT2D eigenvalue weighted by atomic mass is 16.5. The van der Waals surface area contributed by atoms with Gasteiger partial charge in [-0.3, -0.25) is 14.9 Å². The molecule has 1 aliphatic rings. The zero-order valence-electron chi connectivity index (χ0n) is 19.7. The highest BCUT2D eigenvalue weighted by Crippen LogP contribution is 2.37. The van der Waals surface area contributed by atoms with Gasteiger partial charge >= 0.3 is 12.1 Å². The van der Waals surface area contributed by atoms with Crippen LogP contribution in [0.25, 0.3) is 0 Å². The molecule has 0 aliphatic carbocycles. The van der Waals surface area contributed by atoms with Gasteiger partial charge in [0, 0.05) is 11.4 Å². The third-order valence-corrected chi connectivity index (χ3v) is 5.73. The van der Waals surface area contributed by atoms with Gasteiger partial charge < -0.3 is 14.6 Å². The van der Waals surface area contributed by atoms with Crippen LogP contribution in [0.4, 0.5) is 21.0 Å². The smallest absolute Gasteiger partial charge is 0.347 e. The number of anilines is 2. The lowest BCUT2D eigenvalue weighted by Crippen LogP contribution is -2.58. The molecule has 1 fully saturated rings. The number of carbonyl (C=O) groups excluding carboxylic acids is 3. The average Bonchev–Trinajstić information content (AvgIpc) is 3.45. The lowest BCUT2D eigenvalue weighted by atomic mass is 9.99. The number of nitrogens with one attached hydrogen (secondary N) is 2. The summed E-state index contributed by atoms with van der Waals surface area (Å²) in [6.07, 6.45) is 1.65. The van der Waals surface area contributed by atoms with Crippen molar-refractivity contribution in [3.8, 4) is 0 Å². The van der Waals surface area contributed by atoms with Crippen LogP contribution in [0.15, 0.2) is 88.6 Å². The van der Waals surface area contributed by atoms with Crippen LogP contribution in [0.1, 0.15) is 19.6 Å². The Bertz CT molecular complexity index is 1230. The van der Waals surface area contributed by atoms with E-state index >= 15 is 0 Å². The molecular weight excluding hydrogens is 464 g/mol. The van der Waals surface area contributed by atoms with Gasteiger partial charge in [0.2, 0.25) is 0 Å². The zero-order valence-corrected chi connectivity index (χ0v) is 19.7. The van der Waals surface area contributed by atoms with Gasteiger partial charge in [0.05, 0.1) is 18.0 Å². The highest BCUT2D eigenvalue weighted by Gasteiger charge is 2.56. The van der Waals surface area contributed by atoms with Crippen LogP contribution in [0.3, 0.4) is 0 Å². The van der Waals surface area contributed by atoms with E-state index in [1.165, 1.54) is 22.3 Å². The van der Waals surface area contributed by atoms with Crippen LogP contribution < -0.4 is 15.6 Å². The molecule has 1 aliphatic heterocycles. The van der Waals surface area contributed by atoms with E-state index in [1.54, 1.807) is 86.6 Å². The Morgan fingerprint density at radius 3 is 2.39 bits per heavy atom.